The van der Waals surface area contributed by atoms with E-state index >= 15 is 0 Å². The molecule has 3 aromatic rings. The summed E-state index contributed by atoms with van der Waals surface area (Å²) in [4.78, 5) is 38.5. The molecule has 2 amide bonds. The molecule has 1 aliphatic carbocycles. The molecule has 54 heavy (non-hydrogen) atoms. The molecule has 0 unspecified atom stereocenters. The van der Waals surface area contributed by atoms with Gasteiger partial charge in [-0.3, -0.25) is 9.59 Å². The van der Waals surface area contributed by atoms with Gasteiger partial charge in [0.05, 0.1) is 29.2 Å². The topological polar surface area (TPSA) is 168 Å². The van der Waals surface area contributed by atoms with E-state index in [-0.39, 0.29) is 31.2 Å². The Morgan fingerprint density at radius 2 is 1.46 bits per heavy atom. The Morgan fingerprint density at radius 1 is 0.926 bits per heavy atom. The van der Waals surface area contributed by atoms with Crippen molar-refractivity contribution in [2.45, 2.75) is 82.4 Å². The second-order valence-electron chi connectivity index (χ2n) is 13.8. The lowest BCUT2D eigenvalue weighted by Gasteiger charge is -2.38. The molecule has 2 aliphatic rings. The minimum atomic E-state index is -5.08. The number of carbonyl (C=O) groups is 3. The van der Waals surface area contributed by atoms with Crippen molar-refractivity contribution in [3.05, 3.63) is 112 Å². The van der Waals surface area contributed by atoms with Gasteiger partial charge in [-0.05, 0) is 61.1 Å². The van der Waals surface area contributed by atoms with Crippen molar-refractivity contribution in [3.63, 3.8) is 0 Å². The number of amides is 2. The van der Waals surface area contributed by atoms with Gasteiger partial charge in [0.25, 0.3) is 0 Å². The van der Waals surface area contributed by atoms with Crippen LogP contribution < -0.4 is 15.8 Å². The van der Waals surface area contributed by atoms with Gasteiger partial charge in [0, 0.05) is 18.1 Å². The monoisotopic (exact) mass is 792 g/mol. The number of nitrogens with one attached hydrogen (secondary N) is 2. The zero-order chi connectivity index (χ0) is 39.7. The SMILES string of the molecule is CC(C)(N)C(=O)N[C@H](COCc1ccccc1)C(=O)N(CC1=C(c2ccc(Cl)cc2)S(=O)(=O)NC12CCCCC2)Cc1ccccc1.O=C(O)C(F)(F)F. The molecule has 1 atom stereocenters. The highest BCUT2D eigenvalue weighted by molar-refractivity contribution is 7.99. The van der Waals surface area contributed by atoms with Crippen molar-refractivity contribution in [3.8, 4) is 0 Å². The zero-order valence-corrected chi connectivity index (χ0v) is 31.4. The van der Waals surface area contributed by atoms with Gasteiger partial charge in [-0.15, -0.1) is 0 Å². The molecule has 5 rings (SSSR count). The van der Waals surface area contributed by atoms with E-state index in [0.29, 0.717) is 29.0 Å². The van der Waals surface area contributed by atoms with Crippen molar-refractivity contribution in [2.24, 2.45) is 5.73 Å². The number of sulfonamides is 1. The molecule has 1 aliphatic heterocycles. The molecule has 1 fully saturated rings. The van der Waals surface area contributed by atoms with Crippen LogP contribution in [-0.4, -0.2) is 72.7 Å². The number of carboxylic acid groups (broad SMARTS) is 1. The lowest BCUT2D eigenvalue weighted by molar-refractivity contribution is -0.192. The Hall–Kier alpha value is -4.28. The van der Waals surface area contributed by atoms with Gasteiger partial charge in [-0.25, -0.2) is 17.9 Å². The summed E-state index contributed by atoms with van der Waals surface area (Å²) in [5, 5.41) is 10.4. The molecule has 0 saturated heterocycles. The quantitative estimate of drug-likeness (QED) is 0.179. The summed E-state index contributed by atoms with van der Waals surface area (Å²) in [5.74, 6) is -3.67. The van der Waals surface area contributed by atoms with Crippen molar-refractivity contribution >= 4 is 44.3 Å². The van der Waals surface area contributed by atoms with Crippen LogP contribution in [0.5, 0.6) is 0 Å². The number of hydrogen-bond donors (Lipinski definition) is 4. The highest BCUT2D eigenvalue weighted by Crippen LogP contribution is 2.46. The van der Waals surface area contributed by atoms with E-state index in [0.717, 1.165) is 30.4 Å². The van der Waals surface area contributed by atoms with Gasteiger partial charge in [-0.1, -0.05) is 104 Å². The Kier molecular flexibility index (Phi) is 14.1. The number of alkyl halides is 3. The van der Waals surface area contributed by atoms with Crippen molar-refractivity contribution in [1.29, 1.82) is 0 Å². The number of nitrogens with zero attached hydrogens (tertiary/aromatic N) is 1. The first kappa shape index (κ1) is 42.5. The highest BCUT2D eigenvalue weighted by atomic mass is 35.5. The maximum atomic E-state index is 14.6. The molecular formula is C38H44ClF3N4O7S. The van der Waals surface area contributed by atoms with E-state index in [1.807, 2.05) is 60.7 Å². The number of halogens is 4. The zero-order valence-electron chi connectivity index (χ0n) is 29.9. The van der Waals surface area contributed by atoms with Gasteiger partial charge >= 0.3 is 12.1 Å². The molecule has 0 bridgehead atoms. The molecule has 3 aromatic carbocycles. The molecule has 1 spiro atoms. The summed E-state index contributed by atoms with van der Waals surface area (Å²) in [6, 6.07) is 24.7. The molecule has 5 N–H and O–H groups in total. The number of nitrogens with two attached hydrogens (primary N) is 1. The third kappa shape index (κ3) is 11.4. The largest absolute Gasteiger partial charge is 0.490 e. The van der Waals surface area contributed by atoms with Gasteiger partial charge < -0.3 is 25.8 Å². The highest BCUT2D eigenvalue weighted by Gasteiger charge is 2.50. The number of carbonyl (C=O) groups excluding carboxylic acids is 2. The summed E-state index contributed by atoms with van der Waals surface area (Å²) in [6.45, 7) is 3.48. The lowest BCUT2D eigenvalue weighted by atomic mass is 9.76. The molecule has 11 nitrogen and oxygen atoms in total. The normalized spacial score (nSPS) is 16.9. The first-order chi connectivity index (χ1) is 25.3. The average Bonchev–Trinajstić information content (AvgIpc) is 3.32. The first-order valence-electron chi connectivity index (χ1n) is 17.2. The van der Waals surface area contributed by atoms with Gasteiger partial charge in [0.2, 0.25) is 21.8 Å². The van der Waals surface area contributed by atoms with E-state index < -0.39 is 51.1 Å². The molecule has 1 heterocycles. The van der Waals surface area contributed by atoms with Crippen molar-refractivity contribution < 1.29 is 45.8 Å². The van der Waals surface area contributed by atoms with Crippen LogP contribution in [0.4, 0.5) is 13.2 Å². The number of hydrogen-bond acceptors (Lipinski definition) is 7. The molecule has 1 saturated carbocycles. The van der Waals surface area contributed by atoms with E-state index in [9.17, 15) is 31.2 Å². The Morgan fingerprint density at radius 3 is 1.98 bits per heavy atom. The average molecular weight is 793 g/mol. The number of benzene rings is 3. The smallest absolute Gasteiger partial charge is 0.475 e. The Labute approximate surface area is 317 Å². The lowest BCUT2D eigenvalue weighted by Crippen LogP contribution is -2.58. The van der Waals surface area contributed by atoms with Gasteiger partial charge in [0.1, 0.15) is 6.04 Å². The predicted molar refractivity (Wildman–Crippen MR) is 198 cm³/mol. The Bertz CT molecular complexity index is 1900. The minimum absolute atomic E-state index is 0.0228. The molecule has 0 aromatic heterocycles. The number of rotatable bonds is 12. The second-order valence-corrected chi connectivity index (χ2v) is 15.8. The molecule has 292 valence electrons. The van der Waals surface area contributed by atoms with Crippen LogP contribution in [0.2, 0.25) is 5.02 Å². The van der Waals surface area contributed by atoms with E-state index in [1.54, 1.807) is 43.0 Å². The van der Waals surface area contributed by atoms with Crippen LogP contribution in [0.3, 0.4) is 0 Å². The third-order valence-corrected chi connectivity index (χ3v) is 10.9. The fourth-order valence-electron chi connectivity index (χ4n) is 6.28. The van der Waals surface area contributed by atoms with Crippen LogP contribution in [0.1, 0.15) is 62.6 Å². The molecule has 0 radical (unpaired) electrons. The van der Waals surface area contributed by atoms with E-state index in [4.69, 9.17) is 32.0 Å². The molecular weight excluding hydrogens is 749 g/mol. The number of aliphatic carboxylic acids is 1. The van der Waals surface area contributed by atoms with Crippen LogP contribution >= 0.6 is 11.6 Å². The van der Waals surface area contributed by atoms with Crippen LogP contribution in [0, 0.1) is 0 Å². The van der Waals surface area contributed by atoms with E-state index in [2.05, 4.69) is 10.0 Å². The maximum absolute atomic E-state index is 14.6. The Balaban J connectivity index is 0.000000845. The number of ether oxygens (including phenoxy) is 1. The summed E-state index contributed by atoms with van der Waals surface area (Å²) in [7, 11) is -3.92. The van der Waals surface area contributed by atoms with Crippen LogP contribution in [-0.2, 0) is 42.3 Å². The van der Waals surface area contributed by atoms with Crippen molar-refractivity contribution in [1.82, 2.24) is 14.9 Å². The maximum Gasteiger partial charge on any atom is 0.490 e. The van der Waals surface area contributed by atoms with Crippen LogP contribution in [0.15, 0.2) is 90.5 Å². The third-order valence-electron chi connectivity index (χ3n) is 8.97. The summed E-state index contributed by atoms with van der Waals surface area (Å²) in [6.07, 6.45) is -1.14. The minimum Gasteiger partial charge on any atom is -0.475 e. The van der Waals surface area contributed by atoms with E-state index in [1.165, 1.54) is 0 Å². The second kappa shape index (κ2) is 17.9. The summed E-state index contributed by atoms with van der Waals surface area (Å²) in [5.41, 5.74) is 6.97. The van der Waals surface area contributed by atoms with Crippen LogP contribution in [0.25, 0.3) is 4.91 Å². The van der Waals surface area contributed by atoms with Gasteiger partial charge in [-0.2, -0.15) is 13.2 Å². The first-order valence-corrected chi connectivity index (χ1v) is 19.1. The van der Waals surface area contributed by atoms with Gasteiger partial charge in [0.15, 0.2) is 0 Å². The predicted octanol–water partition coefficient (Wildman–Crippen LogP) is 5.79. The summed E-state index contributed by atoms with van der Waals surface area (Å²) >= 11 is 6.18. The fraction of sp³-hybridized carbons (Fsp3) is 0.395. The fourth-order valence-corrected chi connectivity index (χ4v) is 8.38. The van der Waals surface area contributed by atoms with Crippen molar-refractivity contribution in [2.75, 3.05) is 13.2 Å². The summed E-state index contributed by atoms with van der Waals surface area (Å²) < 4.78 is 68.6. The molecule has 16 heteroatoms. The standard InChI is InChI=1S/C36H43ClN4O5S.C2HF3O2/c1-35(2,38)34(43)39-31(25-46-24-27-14-8-4-9-15-27)33(42)41(22-26-12-6-3-7-13-26)23-30-32(28-16-18-29(37)19-17-28)47(44,45)40-36(30)20-10-5-11-21-36;3-2(4,5)1(6)7/h3-4,6-9,12-19,31,40H,5,10-11,20-25,38H2,1-2H3,(H,39,43);(H,6,7)/t31-;/m1./s1. The number of carboxylic acids is 1.